The predicted molar refractivity (Wildman–Crippen MR) is 81.9 cm³/mol. The van der Waals surface area contributed by atoms with Crippen molar-refractivity contribution >= 4 is 23.5 Å². The Morgan fingerprint density at radius 1 is 1.36 bits per heavy atom. The van der Waals surface area contributed by atoms with Gasteiger partial charge in [0, 0.05) is 17.8 Å². The number of aliphatic carboxylic acids is 1. The van der Waals surface area contributed by atoms with E-state index in [0.717, 1.165) is 5.69 Å². The topological polar surface area (TPSA) is 84.2 Å². The van der Waals surface area contributed by atoms with Gasteiger partial charge < -0.3 is 10.4 Å². The molecule has 1 atom stereocenters. The number of halogens is 1. The van der Waals surface area contributed by atoms with Gasteiger partial charge in [-0.3, -0.25) is 14.3 Å². The Labute approximate surface area is 132 Å². The minimum atomic E-state index is -1.00. The van der Waals surface area contributed by atoms with E-state index in [1.165, 1.54) is 0 Å². The van der Waals surface area contributed by atoms with Crippen LogP contribution < -0.4 is 5.32 Å². The van der Waals surface area contributed by atoms with Gasteiger partial charge in [0.15, 0.2) is 0 Å². The number of carboxylic acids is 1. The molecule has 116 valence electrons. The zero-order valence-corrected chi connectivity index (χ0v) is 13.0. The highest BCUT2D eigenvalue weighted by Crippen LogP contribution is 2.20. The molecule has 0 radical (unpaired) electrons. The maximum Gasteiger partial charge on any atom is 0.305 e. The Balaban J connectivity index is 2.20. The van der Waals surface area contributed by atoms with Crippen LogP contribution in [-0.2, 0) is 11.8 Å². The molecule has 1 heterocycles. The Morgan fingerprint density at radius 3 is 2.50 bits per heavy atom. The molecule has 0 unspecified atom stereocenters. The van der Waals surface area contributed by atoms with E-state index in [1.807, 2.05) is 6.92 Å². The number of carboxylic acid groups (broad SMARTS) is 1. The molecule has 0 fully saturated rings. The normalized spacial score (nSPS) is 12.0. The summed E-state index contributed by atoms with van der Waals surface area (Å²) in [6.07, 6.45) is -0.223. The van der Waals surface area contributed by atoms with E-state index in [1.54, 1.807) is 42.1 Å². The SMILES string of the molecule is Cc1cc(C(=O)N[C@@H](CC(=O)O)c2ccc(Cl)cc2)nn1C. The quantitative estimate of drug-likeness (QED) is 0.885. The zero-order valence-electron chi connectivity index (χ0n) is 12.2. The van der Waals surface area contributed by atoms with Crippen LogP contribution in [0.3, 0.4) is 0 Å². The van der Waals surface area contributed by atoms with E-state index in [-0.39, 0.29) is 12.1 Å². The molecule has 0 saturated carbocycles. The Hall–Kier alpha value is -2.34. The van der Waals surface area contributed by atoms with Crippen molar-refractivity contribution in [3.8, 4) is 0 Å². The van der Waals surface area contributed by atoms with Crippen LogP contribution in [0.4, 0.5) is 0 Å². The fraction of sp³-hybridized carbons (Fsp3) is 0.267. The molecule has 2 rings (SSSR count). The summed E-state index contributed by atoms with van der Waals surface area (Å²) in [5, 5.41) is 16.4. The first-order chi connectivity index (χ1) is 10.4. The van der Waals surface area contributed by atoms with Crippen LogP contribution >= 0.6 is 11.6 Å². The molecule has 2 N–H and O–H groups in total. The van der Waals surface area contributed by atoms with Gasteiger partial charge in [0.1, 0.15) is 5.69 Å². The minimum absolute atomic E-state index is 0.223. The number of nitrogens with one attached hydrogen (secondary N) is 1. The smallest absolute Gasteiger partial charge is 0.305 e. The first-order valence-corrected chi connectivity index (χ1v) is 7.03. The molecule has 0 bridgehead atoms. The van der Waals surface area contributed by atoms with Crippen molar-refractivity contribution in [1.29, 1.82) is 0 Å². The second-order valence-electron chi connectivity index (χ2n) is 4.97. The number of carbonyl (C=O) groups excluding carboxylic acids is 1. The van der Waals surface area contributed by atoms with E-state index < -0.39 is 17.9 Å². The minimum Gasteiger partial charge on any atom is -0.481 e. The molecule has 0 aliphatic heterocycles. The highest BCUT2D eigenvalue weighted by atomic mass is 35.5. The van der Waals surface area contributed by atoms with Gasteiger partial charge in [-0.2, -0.15) is 5.10 Å². The van der Waals surface area contributed by atoms with E-state index in [9.17, 15) is 9.59 Å². The van der Waals surface area contributed by atoms with Gasteiger partial charge in [-0.05, 0) is 30.7 Å². The van der Waals surface area contributed by atoms with Crippen LogP contribution in [0, 0.1) is 6.92 Å². The summed E-state index contributed by atoms with van der Waals surface area (Å²) in [5.74, 6) is -1.41. The summed E-state index contributed by atoms with van der Waals surface area (Å²) in [7, 11) is 1.74. The van der Waals surface area contributed by atoms with Crippen LogP contribution in [-0.4, -0.2) is 26.8 Å². The lowest BCUT2D eigenvalue weighted by atomic mass is 10.0. The van der Waals surface area contributed by atoms with Crippen molar-refractivity contribution in [2.24, 2.45) is 7.05 Å². The van der Waals surface area contributed by atoms with Crippen LogP contribution in [0.5, 0.6) is 0 Å². The molecule has 1 aromatic heterocycles. The summed E-state index contributed by atoms with van der Waals surface area (Å²) in [6.45, 7) is 1.83. The summed E-state index contributed by atoms with van der Waals surface area (Å²) in [4.78, 5) is 23.3. The Bertz CT molecular complexity index is 675. The highest BCUT2D eigenvalue weighted by molar-refractivity contribution is 6.30. The van der Waals surface area contributed by atoms with Gasteiger partial charge in [0.25, 0.3) is 5.91 Å². The van der Waals surface area contributed by atoms with Crippen molar-refractivity contribution in [3.63, 3.8) is 0 Å². The second kappa shape index (κ2) is 6.62. The number of amides is 1. The number of hydrogen-bond acceptors (Lipinski definition) is 3. The van der Waals surface area contributed by atoms with Crippen molar-refractivity contribution in [2.75, 3.05) is 0 Å². The van der Waals surface area contributed by atoms with Crippen molar-refractivity contribution < 1.29 is 14.7 Å². The summed E-state index contributed by atoms with van der Waals surface area (Å²) < 4.78 is 1.59. The third-order valence-corrected chi connectivity index (χ3v) is 3.55. The molecule has 2 aromatic rings. The van der Waals surface area contributed by atoms with Gasteiger partial charge >= 0.3 is 5.97 Å². The first-order valence-electron chi connectivity index (χ1n) is 6.65. The Kier molecular flexibility index (Phi) is 4.82. The molecule has 7 heteroatoms. The standard InChI is InChI=1S/C15H16ClN3O3/c1-9-7-13(18-19(9)2)15(22)17-12(8-14(20)21)10-3-5-11(16)6-4-10/h3-7,12H,8H2,1-2H3,(H,17,22)(H,20,21)/t12-/m0/s1. The number of aryl methyl sites for hydroxylation is 2. The number of carbonyl (C=O) groups is 2. The predicted octanol–water partition coefficient (Wildman–Crippen LogP) is 2.33. The average Bonchev–Trinajstić information content (AvgIpc) is 2.78. The van der Waals surface area contributed by atoms with Gasteiger partial charge in [0.05, 0.1) is 12.5 Å². The number of rotatable bonds is 5. The first kappa shape index (κ1) is 16.0. The molecular formula is C15H16ClN3O3. The molecule has 22 heavy (non-hydrogen) atoms. The fourth-order valence-electron chi connectivity index (χ4n) is 2.03. The summed E-state index contributed by atoms with van der Waals surface area (Å²) in [6, 6.07) is 7.70. The number of aromatic nitrogens is 2. The second-order valence-corrected chi connectivity index (χ2v) is 5.41. The molecular weight excluding hydrogens is 306 g/mol. The lowest BCUT2D eigenvalue weighted by molar-refractivity contribution is -0.137. The zero-order chi connectivity index (χ0) is 16.3. The lowest BCUT2D eigenvalue weighted by Gasteiger charge is -2.16. The van der Waals surface area contributed by atoms with E-state index >= 15 is 0 Å². The third kappa shape index (κ3) is 3.85. The van der Waals surface area contributed by atoms with Gasteiger partial charge in [-0.25, -0.2) is 0 Å². The van der Waals surface area contributed by atoms with Crippen molar-refractivity contribution in [3.05, 3.63) is 52.3 Å². The number of hydrogen-bond donors (Lipinski definition) is 2. The van der Waals surface area contributed by atoms with Crippen LogP contribution in [0.25, 0.3) is 0 Å². The van der Waals surface area contributed by atoms with Crippen LogP contribution in [0.15, 0.2) is 30.3 Å². The third-order valence-electron chi connectivity index (χ3n) is 3.30. The molecule has 1 amide bonds. The largest absolute Gasteiger partial charge is 0.481 e. The molecule has 0 aliphatic rings. The molecule has 6 nitrogen and oxygen atoms in total. The Morgan fingerprint density at radius 2 is 2.00 bits per heavy atom. The highest BCUT2D eigenvalue weighted by Gasteiger charge is 2.20. The fourth-order valence-corrected chi connectivity index (χ4v) is 2.15. The van der Waals surface area contributed by atoms with Crippen molar-refractivity contribution in [1.82, 2.24) is 15.1 Å². The monoisotopic (exact) mass is 321 g/mol. The molecule has 0 spiro atoms. The molecule has 1 aromatic carbocycles. The van der Waals surface area contributed by atoms with E-state index in [0.29, 0.717) is 10.6 Å². The van der Waals surface area contributed by atoms with Gasteiger partial charge in [0.2, 0.25) is 0 Å². The van der Waals surface area contributed by atoms with Crippen molar-refractivity contribution in [2.45, 2.75) is 19.4 Å². The summed E-state index contributed by atoms with van der Waals surface area (Å²) >= 11 is 5.83. The van der Waals surface area contributed by atoms with Gasteiger partial charge in [-0.1, -0.05) is 23.7 Å². The van der Waals surface area contributed by atoms with E-state index in [2.05, 4.69) is 10.4 Å². The van der Waals surface area contributed by atoms with E-state index in [4.69, 9.17) is 16.7 Å². The summed E-state index contributed by atoms with van der Waals surface area (Å²) in [5.41, 5.74) is 1.77. The maximum atomic E-state index is 12.2. The van der Waals surface area contributed by atoms with Crippen LogP contribution in [0.2, 0.25) is 5.02 Å². The number of benzene rings is 1. The number of nitrogens with zero attached hydrogens (tertiary/aromatic N) is 2. The van der Waals surface area contributed by atoms with Crippen LogP contribution in [0.1, 0.15) is 34.2 Å². The van der Waals surface area contributed by atoms with Gasteiger partial charge in [-0.15, -0.1) is 0 Å². The lowest BCUT2D eigenvalue weighted by Crippen LogP contribution is -2.30. The molecule has 0 saturated heterocycles. The maximum absolute atomic E-state index is 12.2. The average molecular weight is 322 g/mol. The molecule has 0 aliphatic carbocycles.